The fourth-order valence-electron chi connectivity index (χ4n) is 3.03. The van der Waals surface area contributed by atoms with Gasteiger partial charge < -0.3 is 10.2 Å². The Morgan fingerprint density at radius 2 is 2.14 bits per heavy atom. The zero-order valence-electron chi connectivity index (χ0n) is 14.2. The summed E-state index contributed by atoms with van der Waals surface area (Å²) in [6.45, 7) is 13.2. The van der Waals surface area contributed by atoms with Crippen molar-refractivity contribution in [2.45, 2.75) is 59.4 Å². The third-order valence-electron chi connectivity index (χ3n) is 4.48. The average molecular weight is 289 g/mol. The minimum Gasteiger partial charge on any atom is -0.356 e. The van der Waals surface area contributed by atoms with Gasteiger partial charge in [0.1, 0.15) is 5.82 Å². The summed E-state index contributed by atoms with van der Waals surface area (Å²) in [5, 5.41) is 3.43. The van der Waals surface area contributed by atoms with Gasteiger partial charge in [0.15, 0.2) is 0 Å². The molecule has 1 aliphatic heterocycles. The SMILES string of the molecule is CCNCc1cc(C(C)C)nc(N2CCCC(CC)C2)c1. The molecule has 3 nitrogen and oxygen atoms in total. The van der Waals surface area contributed by atoms with Gasteiger partial charge in [0.25, 0.3) is 0 Å². The molecule has 1 N–H and O–H groups in total. The molecule has 1 atom stereocenters. The van der Waals surface area contributed by atoms with Gasteiger partial charge in [-0.3, -0.25) is 0 Å². The maximum atomic E-state index is 4.93. The zero-order chi connectivity index (χ0) is 15.2. The monoisotopic (exact) mass is 289 g/mol. The van der Waals surface area contributed by atoms with Gasteiger partial charge in [0.2, 0.25) is 0 Å². The van der Waals surface area contributed by atoms with E-state index in [0.717, 1.165) is 25.6 Å². The summed E-state index contributed by atoms with van der Waals surface area (Å²) in [6.07, 6.45) is 3.96. The molecular weight excluding hydrogens is 258 g/mol. The minimum absolute atomic E-state index is 0.483. The number of rotatable bonds is 6. The van der Waals surface area contributed by atoms with Crippen LogP contribution in [0.3, 0.4) is 0 Å². The van der Waals surface area contributed by atoms with Gasteiger partial charge in [-0.05, 0) is 48.9 Å². The Hall–Kier alpha value is -1.09. The minimum atomic E-state index is 0.483. The summed E-state index contributed by atoms with van der Waals surface area (Å²) in [6, 6.07) is 4.55. The van der Waals surface area contributed by atoms with Crippen molar-refractivity contribution in [2.75, 3.05) is 24.5 Å². The van der Waals surface area contributed by atoms with Crippen molar-refractivity contribution >= 4 is 5.82 Å². The van der Waals surface area contributed by atoms with Crippen LogP contribution in [0.2, 0.25) is 0 Å². The van der Waals surface area contributed by atoms with Gasteiger partial charge in [-0.25, -0.2) is 4.98 Å². The summed E-state index contributed by atoms with van der Waals surface area (Å²) in [7, 11) is 0. The number of nitrogens with one attached hydrogen (secondary N) is 1. The van der Waals surface area contributed by atoms with Crippen LogP contribution in [0.5, 0.6) is 0 Å². The summed E-state index contributed by atoms with van der Waals surface area (Å²) < 4.78 is 0. The molecule has 1 aliphatic rings. The quantitative estimate of drug-likeness (QED) is 0.859. The van der Waals surface area contributed by atoms with Crippen molar-refractivity contribution in [2.24, 2.45) is 5.92 Å². The smallest absolute Gasteiger partial charge is 0.129 e. The fraction of sp³-hybridized carbons (Fsp3) is 0.722. The molecule has 2 rings (SSSR count). The van der Waals surface area contributed by atoms with Crippen molar-refractivity contribution in [3.05, 3.63) is 23.4 Å². The molecule has 3 heteroatoms. The first-order valence-corrected chi connectivity index (χ1v) is 8.60. The van der Waals surface area contributed by atoms with E-state index < -0.39 is 0 Å². The van der Waals surface area contributed by atoms with Crippen LogP contribution in [-0.2, 0) is 6.54 Å². The van der Waals surface area contributed by atoms with Crippen LogP contribution in [0.1, 0.15) is 64.1 Å². The van der Waals surface area contributed by atoms with Crippen LogP contribution < -0.4 is 10.2 Å². The molecule has 118 valence electrons. The predicted octanol–water partition coefficient (Wildman–Crippen LogP) is 3.94. The topological polar surface area (TPSA) is 28.2 Å². The molecule has 0 spiro atoms. The van der Waals surface area contributed by atoms with Gasteiger partial charge in [-0.1, -0.05) is 34.1 Å². The second kappa shape index (κ2) is 7.79. The largest absolute Gasteiger partial charge is 0.356 e. The van der Waals surface area contributed by atoms with Crippen molar-refractivity contribution in [3.63, 3.8) is 0 Å². The van der Waals surface area contributed by atoms with E-state index in [1.54, 1.807) is 0 Å². The third kappa shape index (κ3) is 4.44. The lowest BCUT2D eigenvalue weighted by Gasteiger charge is -2.33. The van der Waals surface area contributed by atoms with Crippen molar-refractivity contribution in [3.8, 4) is 0 Å². The van der Waals surface area contributed by atoms with Crippen LogP contribution >= 0.6 is 0 Å². The zero-order valence-corrected chi connectivity index (χ0v) is 14.2. The predicted molar refractivity (Wildman–Crippen MR) is 90.9 cm³/mol. The highest BCUT2D eigenvalue weighted by molar-refractivity contribution is 5.44. The van der Waals surface area contributed by atoms with Crippen molar-refractivity contribution < 1.29 is 0 Å². The number of aromatic nitrogens is 1. The first-order chi connectivity index (χ1) is 10.1. The van der Waals surface area contributed by atoms with Gasteiger partial charge in [0, 0.05) is 25.3 Å². The lowest BCUT2D eigenvalue weighted by atomic mass is 9.95. The van der Waals surface area contributed by atoms with E-state index in [1.165, 1.54) is 42.9 Å². The summed E-state index contributed by atoms with van der Waals surface area (Å²) in [5.74, 6) is 2.50. The van der Waals surface area contributed by atoms with E-state index in [2.05, 4.69) is 50.0 Å². The van der Waals surface area contributed by atoms with E-state index in [0.29, 0.717) is 5.92 Å². The Labute approximate surface area is 130 Å². The summed E-state index contributed by atoms with van der Waals surface area (Å²) >= 11 is 0. The number of anilines is 1. The standard InChI is InChI=1S/C18H31N3/c1-5-15-8-7-9-21(13-15)18-11-16(12-19-6-2)10-17(20-18)14(3)4/h10-11,14-15,19H,5-9,12-13H2,1-4H3. The van der Waals surface area contributed by atoms with E-state index in [9.17, 15) is 0 Å². The summed E-state index contributed by atoms with van der Waals surface area (Å²) in [4.78, 5) is 7.43. The first kappa shape index (κ1) is 16.3. The number of hydrogen-bond donors (Lipinski definition) is 1. The van der Waals surface area contributed by atoms with E-state index in [4.69, 9.17) is 4.98 Å². The van der Waals surface area contributed by atoms with Crippen molar-refractivity contribution in [1.82, 2.24) is 10.3 Å². The highest BCUT2D eigenvalue weighted by Crippen LogP contribution is 2.26. The second-order valence-corrected chi connectivity index (χ2v) is 6.56. The molecule has 2 heterocycles. The second-order valence-electron chi connectivity index (χ2n) is 6.56. The third-order valence-corrected chi connectivity index (χ3v) is 4.48. The molecule has 0 radical (unpaired) electrons. The first-order valence-electron chi connectivity index (χ1n) is 8.60. The van der Waals surface area contributed by atoms with Crippen LogP contribution in [0.15, 0.2) is 12.1 Å². The maximum Gasteiger partial charge on any atom is 0.129 e. The Morgan fingerprint density at radius 3 is 2.81 bits per heavy atom. The molecule has 1 aromatic rings. The molecule has 0 amide bonds. The van der Waals surface area contributed by atoms with Crippen LogP contribution in [0, 0.1) is 5.92 Å². The lowest BCUT2D eigenvalue weighted by Crippen LogP contribution is -2.36. The Balaban J connectivity index is 2.22. The molecule has 21 heavy (non-hydrogen) atoms. The highest BCUT2D eigenvalue weighted by Gasteiger charge is 2.20. The number of nitrogens with zero attached hydrogens (tertiary/aromatic N) is 2. The van der Waals surface area contributed by atoms with Gasteiger partial charge >= 0.3 is 0 Å². The van der Waals surface area contributed by atoms with Crippen LogP contribution in [0.25, 0.3) is 0 Å². The van der Waals surface area contributed by atoms with Gasteiger partial charge in [0.05, 0.1) is 0 Å². The average Bonchev–Trinajstić information content (AvgIpc) is 2.52. The van der Waals surface area contributed by atoms with Crippen LogP contribution in [0.4, 0.5) is 5.82 Å². The Bertz CT molecular complexity index is 442. The number of hydrogen-bond acceptors (Lipinski definition) is 3. The molecular formula is C18H31N3. The Morgan fingerprint density at radius 1 is 1.33 bits per heavy atom. The summed E-state index contributed by atoms with van der Waals surface area (Å²) in [5.41, 5.74) is 2.59. The van der Waals surface area contributed by atoms with Crippen LogP contribution in [-0.4, -0.2) is 24.6 Å². The highest BCUT2D eigenvalue weighted by atomic mass is 15.2. The maximum absolute atomic E-state index is 4.93. The van der Waals surface area contributed by atoms with E-state index in [1.807, 2.05) is 0 Å². The Kier molecular flexibility index (Phi) is 6.04. The molecule has 1 unspecified atom stereocenters. The van der Waals surface area contributed by atoms with Gasteiger partial charge in [-0.2, -0.15) is 0 Å². The molecule has 1 saturated heterocycles. The number of pyridine rings is 1. The molecule has 0 saturated carbocycles. The molecule has 0 bridgehead atoms. The molecule has 0 aromatic carbocycles. The molecule has 1 aromatic heterocycles. The molecule has 0 aliphatic carbocycles. The normalized spacial score (nSPS) is 19.3. The fourth-order valence-corrected chi connectivity index (χ4v) is 3.03. The van der Waals surface area contributed by atoms with E-state index >= 15 is 0 Å². The molecule has 1 fully saturated rings. The van der Waals surface area contributed by atoms with E-state index in [-0.39, 0.29) is 0 Å². The number of piperidine rings is 1. The van der Waals surface area contributed by atoms with Crippen molar-refractivity contribution in [1.29, 1.82) is 0 Å². The lowest BCUT2D eigenvalue weighted by molar-refractivity contribution is 0.402. The van der Waals surface area contributed by atoms with Gasteiger partial charge in [-0.15, -0.1) is 0 Å².